The molecule has 0 fully saturated rings. The van der Waals surface area contributed by atoms with Crippen LogP contribution in [0.25, 0.3) is 11.0 Å². The third-order valence-corrected chi connectivity index (χ3v) is 5.80. The van der Waals surface area contributed by atoms with Gasteiger partial charge in [-0.1, -0.05) is 43.2 Å². The molecule has 8 heteroatoms. The van der Waals surface area contributed by atoms with Crippen LogP contribution in [-0.4, -0.2) is 43.9 Å². The first-order chi connectivity index (χ1) is 16.8. The highest BCUT2D eigenvalue weighted by molar-refractivity contribution is 5.77. The van der Waals surface area contributed by atoms with E-state index in [-0.39, 0.29) is 12.5 Å². The third-order valence-electron chi connectivity index (χ3n) is 5.80. The smallest absolute Gasteiger partial charge is 0.246 e. The Balaban J connectivity index is 1.40. The number of pyridine rings is 1. The van der Waals surface area contributed by atoms with Gasteiger partial charge in [-0.15, -0.1) is 0 Å². The third kappa shape index (κ3) is 5.17. The zero-order valence-corrected chi connectivity index (χ0v) is 19.0. The Morgan fingerprint density at radius 1 is 0.853 bits per heavy atom. The molecule has 0 N–H and O–H groups in total. The van der Waals surface area contributed by atoms with E-state index >= 15 is 0 Å². The summed E-state index contributed by atoms with van der Waals surface area (Å²) in [7, 11) is 0. The molecule has 0 aliphatic carbocycles. The van der Waals surface area contributed by atoms with Gasteiger partial charge in [-0.3, -0.25) is 4.79 Å². The van der Waals surface area contributed by atoms with Gasteiger partial charge in [0.25, 0.3) is 0 Å². The van der Waals surface area contributed by atoms with Gasteiger partial charge in [0.1, 0.15) is 17.6 Å². The number of para-hydroxylation sites is 2. The van der Waals surface area contributed by atoms with Gasteiger partial charge in [0.05, 0.1) is 13.2 Å². The second-order valence-electron chi connectivity index (χ2n) is 8.31. The molecule has 2 aromatic carbocycles. The Morgan fingerprint density at radius 3 is 2.41 bits per heavy atom. The number of amides is 1. The lowest BCUT2D eigenvalue weighted by Crippen LogP contribution is -2.35. The number of hydrogen-bond donors (Lipinski definition) is 0. The highest BCUT2D eigenvalue weighted by atomic mass is 16.5. The minimum atomic E-state index is -0.0362. The van der Waals surface area contributed by atoms with Crippen LogP contribution < -0.4 is 9.47 Å². The number of aromatic nitrogens is 4. The molecule has 0 saturated carbocycles. The maximum Gasteiger partial charge on any atom is 0.246 e. The quantitative estimate of drug-likeness (QED) is 0.438. The average molecular weight is 458 g/mol. The first-order valence-corrected chi connectivity index (χ1v) is 11.7. The fourth-order valence-electron chi connectivity index (χ4n) is 4.03. The van der Waals surface area contributed by atoms with Crippen LogP contribution in [0.15, 0.2) is 66.9 Å². The number of benzene rings is 2. The predicted octanol–water partition coefficient (Wildman–Crippen LogP) is 4.60. The van der Waals surface area contributed by atoms with Crippen LogP contribution in [0, 0.1) is 0 Å². The zero-order chi connectivity index (χ0) is 23.2. The summed E-state index contributed by atoms with van der Waals surface area (Å²) in [4.78, 5) is 21.1. The van der Waals surface area contributed by atoms with Gasteiger partial charge in [-0.25, -0.2) is 4.98 Å². The summed E-state index contributed by atoms with van der Waals surface area (Å²) in [6, 6.07) is 19.0. The fourth-order valence-corrected chi connectivity index (χ4v) is 4.03. The second kappa shape index (κ2) is 10.3. The Labute approximate surface area is 198 Å². The summed E-state index contributed by atoms with van der Waals surface area (Å²) in [5.74, 6) is 1.74. The van der Waals surface area contributed by atoms with Crippen molar-refractivity contribution in [2.45, 2.75) is 38.8 Å². The first kappa shape index (κ1) is 21.9. The number of nitrogens with zero attached hydrogens (tertiary/aromatic N) is 5. The molecule has 4 aromatic rings. The number of fused-ring (bicyclic) bond motifs is 3. The minimum absolute atomic E-state index is 0.0362. The molecular weight excluding hydrogens is 430 g/mol. The van der Waals surface area contributed by atoms with Crippen molar-refractivity contribution in [1.29, 1.82) is 0 Å². The van der Waals surface area contributed by atoms with Crippen LogP contribution in [-0.2, 0) is 17.9 Å². The molecule has 0 bridgehead atoms. The molecule has 2 aromatic heterocycles. The summed E-state index contributed by atoms with van der Waals surface area (Å²) in [6.45, 7) is 1.75. The number of carbonyl (C=O) groups is 1. The van der Waals surface area contributed by atoms with Crippen LogP contribution in [0.2, 0.25) is 0 Å². The van der Waals surface area contributed by atoms with E-state index < -0.39 is 0 Å². The van der Waals surface area contributed by atoms with Crippen molar-refractivity contribution >= 4 is 16.9 Å². The summed E-state index contributed by atoms with van der Waals surface area (Å²) in [5.41, 5.74) is 2.39. The summed E-state index contributed by atoms with van der Waals surface area (Å²) < 4.78 is 12.1. The van der Waals surface area contributed by atoms with Crippen molar-refractivity contribution in [3.8, 4) is 17.4 Å². The van der Waals surface area contributed by atoms with E-state index in [0.29, 0.717) is 37.1 Å². The van der Waals surface area contributed by atoms with Crippen LogP contribution in [0.5, 0.6) is 17.4 Å². The fraction of sp³-hybridized carbons (Fsp3) is 0.308. The van der Waals surface area contributed by atoms with Gasteiger partial charge in [-0.05, 0) is 43.2 Å². The molecule has 34 heavy (non-hydrogen) atoms. The lowest BCUT2D eigenvalue weighted by molar-refractivity contribution is -0.133. The van der Waals surface area contributed by atoms with Gasteiger partial charge < -0.3 is 14.4 Å². The highest BCUT2D eigenvalue weighted by Crippen LogP contribution is 2.32. The van der Waals surface area contributed by atoms with Crippen LogP contribution >= 0.6 is 0 Å². The standard InChI is InChI=1S/C26H27N5O3/c32-25(19-31-28-21-11-3-4-12-22(21)29-31)30-16-7-1-2-8-17-33-23-13-5-6-14-24(23)34-26-20(18-30)10-9-15-27-26/h3-6,9-15H,1-2,7-8,16-19H2. The largest absolute Gasteiger partial charge is 0.490 e. The predicted molar refractivity (Wildman–Crippen MR) is 128 cm³/mol. The molecular formula is C26H27N5O3. The van der Waals surface area contributed by atoms with E-state index in [1.165, 1.54) is 4.80 Å². The lowest BCUT2D eigenvalue weighted by atomic mass is 10.1. The van der Waals surface area contributed by atoms with E-state index in [1.807, 2.05) is 65.6 Å². The Morgan fingerprint density at radius 2 is 1.59 bits per heavy atom. The van der Waals surface area contributed by atoms with E-state index in [0.717, 1.165) is 42.3 Å². The molecule has 0 radical (unpaired) electrons. The Kier molecular flexibility index (Phi) is 6.65. The summed E-state index contributed by atoms with van der Waals surface area (Å²) >= 11 is 0. The van der Waals surface area contributed by atoms with Crippen molar-refractivity contribution in [3.05, 3.63) is 72.4 Å². The van der Waals surface area contributed by atoms with Crippen LogP contribution in [0.3, 0.4) is 0 Å². The molecule has 1 aliphatic rings. The van der Waals surface area contributed by atoms with Gasteiger partial charge in [0.2, 0.25) is 11.8 Å². The normalized spacial score (nSPS) is 14.9. The Hall–Kier alpha value is -3.94. The molecule has 0 atom stereocenters. The van der Waals surface area contributed by atoms with E-state index in [4.69, 9.17) is 9.47 Å². The van der Waals surface area contributed by atoms with Crippen molar-refractivity contribution in [1.82, 2.24) is 24.9 Å². The van der Waals surface area contributed by atoms with Gasteiger partial charge in [0.15, 0.2) is 11.5 Å². The van der Waals surface area contributed by atoms with E-state index in [1.54, 1.807) is 6.20 Å². The molecule has 0 saturated heterocycles. The Bertz CT molecular complexity index is 1240. The summed E-state index contributed by atoms with van der Waals surface area (Å²) in [5, 5.41) is 8.90. The SMILES string of the molecule is O=C(Cn1nc2ccccc2n1)N1CCCCCCOc2ccccc2Oc2ncccc2C1. The van der Waals surface area contributed by atoms with Crippen molar-refractivity contribution in [3.63, 3.8) is 0 Å². The molecule has 0 spiro atoms. The first-order valence-electron chi connectivity index (χ1n) is 11.7. The number of hydrogen-bond acceptors (Lipinski definition) is 6. The minimum Gasteiger partial charge on any atom is -0.490 e. The van der Waals surface area contributed by atoms with E-state index in [9.17, 15) is 4.79 Å². The van der Waals surface area contributed by atoms with Crippen molar-refractivity contribution < 1.29 is 14.3 Å². The maximum absolute atomic E-state index is 13.3. The van der Waals surface area contributed by atoms with Gasteiger partial charge in [-0.2, -0.15) is 15.0 Å². The van der Waals surface area contributed by atoms with E-state index in [2.05, 4.69) is 15.2 Å². The molecule has 8 nitrogen and oxygen atoms in total. The lowest BCUT2D eigenvalue weighted by Gasteiger charge is -2.24. The topological polar surface area (TPSA) is 82.4 Å². The molecule has 5 rings (SSSR count). The van der Waals surface area contributed by atoms with Crippen LogP contribution in [0.1, 0.15) is 31.2 Å². The highest BCUT2D eigenvalue weighted by Gasteiger charge is 2.19. The molecule has 3 heterocycles. The average Bonchev–Trinajstić information content (AvgIpc) is 3.26. The molecule has 1 aliphatic heterocycles. The van der Waals surface area contributed by atoms with Crippen molar-refractivity contribution in [2.75, 3.05) is 13.2 Å². The second-order valence-corrected chi connectivity index (χ2v) is 8.31. The number of ether oxygens (including phenoxy) is 2. The molecule has 174 valence electrons. The zero-order valence-electron chi connectivity index (χ0n) is 19.0. The monoisotopic (exact) mass is 457 g/mol. The number of rotatable bonds is 2. The molecule has 0 unspecified atom stereocenters. The van der Waals surface area contributed by atoms with Crippen molar-refractivity contribution in [2.24, 2.45) is 0 Å². The van der Waals surface area contributed by atoms with Crippen LogP contribution in [0.4, 0.5) is 0 Å². The maximum atomic E-state index is 13.3. The molecule has 1 amide bonds. The summed E-state index contributed by atoms with van der Waals surface area (Å²) in [6.07, 6.45) is 5.61. The van der Waals surface area contributed by atoms with Gasteiger partial charge >= 0.3 is 0 Å². The number of carbonyl (C=O) groups excluding carboxylic acids is 1. The van der Waals surface area contributed by atoms with Gasteiger partial charge in [0, 0.05) is 18.3 Å².